The molecule has 0 aromatic carbocycles. The number of aromatic carboxylic acids is 1. The Hall–Kier alpha value is -1.72. The lowest BCUT2D eigenvalue weighted by Crippen LogP contribution is -2.10. The summed E-state index contributed by atoms with van der Waals surface area (Å²) in [5.74, 6) is -2.81. The Balaban J connectivity index is 3.32. The highest BCUT2D eigenvalue weighted by atomic mass is 19.1. The van der Waals surface area contributed by atoms with Gasteiger partial charge in [0.1, 0.15) is 0 Å². The molecule has 0 unspecified atom stereocenters. The monoisotopic (exact) mass is 200 g/mol. The molecule has 14 heavy (non-hydrogen) atoms. The van der Waals surface area contributed by atoms with Crippen molar-refractivity contribution in [1.29, 1.82) is 0 Å². The van der Waals surface area contributed by atoms with E-state index in [1.165, 1.54) is 7.11 Å². The molecule has 0 saturated heterocycles. The Morgan fingerprint density at radius 2 is 2.21 bits per heavy atom. The molecule has 1 rings (SSSR count). The molecular formula is C8H9FN2O3. The van der Waals surface area contributed by atoms with Crippen molar-refractivity contribution in [2.75, 3.05) is 7.11 Å². The Bertz CT molecular complexity index is 343. The number of rotatable bonds is 3. The lowest BCUT2D eigenvalue weighted by Gasteiger charge is -2.04. The third kappa shape index (κ3) is 1.78. The molecule has 0 spiro atoms. The molecule has 6 heteroatoms. The van der Waals surface area contributed by atoms with E-state index in [-0.39, 0.29) is 18.0 Å². The molecule has 1 heterocycles. The van der Waals surface area contributed by atoms with Crippen LogP contribution in [0.15, 0.2) is 0 Å². The first-order chi connectivity index (χ1) is 6.60. The third-order valence-electron chi connectivity index (χ3n) is 1.61. The maximum absolute atomic E-state index is 13.3. The fourth-order valence-corrected chi connectivity index (χ4v) is 0.936. The quantitative estimate of drug-likeness (QED) is 0.784. The maximum Gasteiger partial charge on any atom is 0.374 e. The Morgan fingerprint density at radius 3 is 2.64 bits per heavy atom. The largest absolute Gasteiger partial charge is 0.479 e. The van der Waals surface area contributed by atoms with E-state index in [0.29, 0.717) is 0 Å². The number of methoxy groups -OCH3 is 1. The van der Waals surface area contributed by atoms with Crippen LogP contribution in [0.25, 0.3) is 0 Å². The second kappa shape index (κ2) is 3.99. The number of carbonyl (C=O) groups is 1. The number of nitrogens with zero attached hydrogens (tertiary/aromatic N) is 2. The lowest BCUT2D eigenvalue weighted by molar-refractivity contribution is 0.0681. The van der Waals surface area contributed by atoms with Crippen LogP contribution in [-0.2, 0) is 6.42 Å². The maximum atomic E-state index is 13.3. The predicted molar refractivity (Wildman–Crippen MR) is 44.9 cm³/mol. The molecule has 0 atom stereocenters. The number of carboxylic acid groups (broad SMARTS) is 1. The number of aromatic nitrogens is 2. The molecular weight excluding hydrogens is 191 g/mol. The van der Waals surface area contributed by atoms with Gasteiger partial charge in [-0.05, 0) is 6.42 Å². The zero-order valence-electron chi connectivity index (χ0n) is 7.74. The van der Waals surface area contributed by atoms with Gasteiger partial charge in [-0.15, -0.1) is 0 Å². The van der Waals surface area contributed by atoms with E-state index in [4.69, 9.17) is 5.11 Å². The minimum Gasteiger partial charge on any atom is -0.479 e. The molecule has 0 amide bonds. The smallest absolute Gasteiger partial charge is 0.374 e. The molecule has 76 valence electrons. The van der Waals surface area contributed by atoms with Gasteiger partial charge in [0, 0.05) is 0 Å². The summed E-state index contributed by atoms with van der Waals surface area (Å²) in [7, 11) is 1.22. The fourth-order valence-electron chi connectivity index (χ4n) is 0.936. The van der Waals surface area contributed by atoms with Crippen molar-refractivity contribution in [3.8, 4) is 5.88 Å². The first kappa shape index (κ1) is 10.4. The van der Waals surface area contributed by atoms with E-state index in [1.807, 2.05) is 0 Å². The van der Waals surface area contributed by atoms with Gasteiger partial charge >= 0.3 is 5.97 Å². The highest BCUT2D eigenvalue weighted by molar-refractivity contribution is 5.83. The summed E-state index contributed by atoms with van der Waals surface area (Å²) in [6.45, 7) is 1.66. The van der Waals surface area contributed by atoms with Gasteiger partial charge in [0.05, 0.1) is 12.8 Å². The minimum atomic E-state index is -1.31. The van der Waals surface area contributed by atoms with Crippen molar-refractivity contribution in [3.63, 3.8) is 0 Å². The molecule has 0 aliphatic carbocycles. The average molecular weight is 200 g/mol. The van der Waals surface area contributed by atoms with E-state index in [0.717, 1.165) is 0 Å². The van der Waals surface area contributed by atoms with Crippen LogP contribution < -0.4 is 4.74 Å². The minimum absolute atomic E-state index is 0.0363. The van der Waals surface area contributed by atoms with E-state index >= 15 is 0 Å². The van der Waals surface area contributed by atoms with Gasteiger partial charge in [0.25, 0.3) is 5.88 Å². The number of halogens is 1. The van der Waals surface area contributed by atoms with Crippen molar-refractivity contribution in [2.45, 2.75) is 13.3 Å². The summed E-state index contributed by atoms with van der Waals surface area (Å²) >= 11 is 0. The summed E-state index contributed by atoms with van der Waals surface area (Å²) in [5.41, 5.74) is 0.0363. The molecule has 0 fully saturated rings. The van der Waals surface area contributed by atoms with Crippen LogP contribution in [0.3, 0.4) is 0 Å². The Labute approximate surface area is 79.6 Å². The van der Waals surface area contributed by atoms with Crippen molar-refractivity contribution in [1.82, 2.24) is 9.97 Å². The van der Waals surface area contributed by atoms with Crippen molar-refractivity contribution >= 4 is 5.97 Å². The third-order valence-corrected chi connectivity index (χ3v) is 1.61. The number of carboxylic acids is 1. The van der Waals surface area contributed by atoms with E-state index < -0.39 is 17.6 Å². The second-order valence-corrected chi connectivity index (χ2v) is 2.48. The topological polar surface area (TPSA) is 72.3 Å². The zero-order valence-corrected chi connectivity index (χ0v) is 7.74. The summed E-state index contributed by atoms with van der Waals surface area (Å²) in [6.07, 6.45) is 0.283. The van der Waals surface area contributed by atoms with Crippen molar-refractivity contribution in [3.05, 3.63) is 17.3 Å². The van der Waals surface area contributed by atoms with E-state index in [9.17, 15) is 9.18 Å². The van der Waals surface area contributed by atoms with Crippen molar-refractivity contribution in [2.24, 2.45) is 0 Å². The molecule has 0 bridgehead atoms. The van der Waals surface area contributed by atoms with Crippen LogP contribution in [-0.4, -0.2) is 28.2 Å². The predicted octanol–water partition coefficient (Wildman–Crippen LogP) is 0.885. The van der Waals surface area contributed by atoms with E-state index in [2.05, 4.69) is 14.7 Å². The standard InChI is InChI=1S/C8H9FN2O3/c1-3-4-5(9)7(14-2)11-6(10-4)8(12)13/h3H2,1-2H3,(H,12,13). The number of aryl methyl sites for hydroxylation is 1. The molecule has 1 aromatic rings. The van der Waals surface area contributed by atoms with Crippen LogP contribution in [0.5, 0.6) is 5.88 Å². The van der Waals surface area contributed by atoms with Crippen LogP contribution in [0.2, 0.25) is 0 Å². The van der Waals surface area contributed by atoms with Crippen LogP contribution >= 0.6 is 0 Å². The van der Waals surface area contributed by atoms with Crippen LogP contribution in [0, 0.1) is 5.82 Å². The fraction of sp³-hybridized carbons (Fsp3) is 0.375. The van der Waals surface area contributed by atoms with Gasteiger partial charge in [-0.2, -0.15) is 9.37 Å². The lowest BCUT2D eigenvalue weighted by atomic mass is 10.3. The van der Waals surface area contributed by atoms with Crippen LogP contribution in [0.1, 0.15) is 23.2 Å². The van der Waals surface area contributed by atoms with Gasteiger partial charge in [-0.1, -0.05) is 6.92 Å². The molecule has 1 N–H and O–H groups in total. The first-order valence-electron chi connectivity index (χ1n) is 3.93. The molecule has 0 radical (unpaired) electrons. The SMILES string of the molecule is CCc1nc(C(=O)O)nc(OC)c1F. The van der Waals surface area contributed by atoms with Crippen molar-refractivity contribution < 1.29 is 19.0 Å². The summed E-state index contributed by atoms with van der Waals surface area (Å²) in [6, 6.07) is 0. The highest BCUT2D eigenvalue weighted by Crippen LogP contribution is 2.16. The van der Waals surface area contributed by atoms with Gasteiger partial charge in [0.2, 0.25) is 11.6 Å². The molecule has 5 nitrogen and oxygen atoms in total. The van der Waals surface area contributed by atoms with Crippen LogP contribution in [0.4, 0.5) is 4.39 Å². The van der Waals surface area contributed by atoms with Gasteiger partial charge in [0.15, 0.2) is 0 Å². The summed E-state index contributed by atoms with van der Waals surface area (Å²) < 4.78 is 17.9. The normalized spacial score (nSPS) is 9.93. The number of hydrogen-bond acceptors (Lipinski definition) is 4. The molecule has 1 aromatic heterocycles. The first-order valence-corrected chi connectivity index (χ1v) is 3.93. The van der Waals surface area contributed by atoms with Gasteiger partial charge in [-0.3, -0.25) is 0 Å². The summed E-state index contributed by atoms with van der Waals surface area (Å²) in [4.78, 5) is 17.5. The average Bonchev–Trinajstić information content (AvgIpc) is 2.17. The zero-order chi connectivity index (χ0) is 10.7. The number of ether oxygens (including phenoxy) is 1. The Kier molecular flexibility index (Phi) is 2.95. The van der Waals surface area contributed by atoms with Gasteiger partial charge < -0.3 is 9.84 Å². The second-order valence-electron chi connectivity index (χ2n) is 2.48. The van der Waals surface area contributed by atoms with Gasteiger partial charge in [-0.25, -0.2) is 9.78 Å². The molecule has 0 aliphatic heterocycles. The van der Waals surface area contributed by atoms with E-state index in [1.54, 1.807) is 6.92 Å². The molecule has 0 saturated carbocycles. The molecule has 0 aliphatic rings. The number of hydrogen-bond donors (Lipinski definition) is 1. The summed E-state index contributed by atoms with van der Waals surface area (Å²) in [5, 5.41) is 8.61. The highest BCUT2D eigenvalue weighted by Gasteiger charge is 2.17. The Morgan fingerprint density at radius 1 is 1.57 bits per heavy atom.